The molecule has 0 bridgehead atoms. The first-order chi connectivity index (χ1) is 11.2. The van der Waals surface area contributed by atoms with Gasteiger partial charge in [0.15, 0.2) is 5.78 Å². The van der Waals surface area contributed by atoms with Crippen LogP contribution in [0.4, 0.5) is 5.69 Å². The molecule has 3 aromatic rings. The molecule has 1 aliphatic heterocycles. The number of para-hydroxylation sites is 1. The summed E-state index contributed by atoms with van der Waals surface area (Å²) in [6.45, 7) is 0. The maximum absolute atomic E-state index is 12.6. The molecule has 23 heavy (non-hydrogen) atoms. The van der Waals surface area contributed by atoms with Crippen LogP contribution < -0.4 is 4.90 Å². The highest BCUT2D eigenvalue weighted by atomic mass is 32.2. The number of hydrogen-bond acceptors (Lipinski definition) is 3. The first kappa shape index (κ1) is 14.1. The quantitative estimate of drug-likeness (QED) is 0.484. The van der Waals surface area contributed by atoms with Gasteiger partial charge in [-0.05, 0) is 29.0 Å². The topological polar surface area (TPSA) is 20.3 Å². The average Bonchev–Trinajstić information content (AvgIpc) is 2.91. The molecule has 4 rings (SSSR count). The molecule has 0 unspecified atom stereocenters. The molecular formula is C20H15NOS. The van der Waals surface area contributed by atoms with Crippen molar-refractivity contribution in [1.29, 1.82) is 0 Å². The minimum atomic E-state index is 0.0397. The van der Waals surface area contributed by atoms with Crippen LogP contribution in [0, 0.1) is 0 Å². The second-order valence-electron chi connectivity index (χ2n) is 5.54. The van der Waals surface area contributed by atoms with Gasteiger partial charge in [0.2, 0.25) is 0 Å². The molecule has 0 saturated heterocycles. The number of anilines is 1. The maximum Gasteiger partial charge on any atom is 0.188 e. The van der Waals surface area contributed by atoms with E-state index in [0.29, 0.717) is 0 Å². The van der Waals surface area contributed by atoms with E-state index in [0.717, 1.165) is 27.1 Å². The molecule has 0 N–H and O–H groups in total. The first-order valence-corrected chi connectivity index (χ1v) is 8.29. The van der Waals surface area contributed by atoms with Crippen molar-refractivity contribution in [3.63, 3.8) is 0 Å². The van der Waals surface area contributed by atoms with Crippen molar-refractivity contribution in [2.75, 3.05) is 11.9 Å². The van der Waals surface area contributed by atoms with Crippen LogP contribution in [0.1, 0.15) is 10.4 Å². The summed E-state index contributed by atoms with van der Waals surface area (Å²) in [4.78, 5) is 15.9. The van der Waals surface area contributed by atoms with Crippen LogP contribution >= 0.6 is 11.8 Å². The number of hydrogen-bond donors (Lipinski definition) is 0. The fraction of sp³-hybridized carbons (Fsp3) is 0.0500. The van der Waals surface area contributed by atoms with Gasteiger partial charge in [-0.25, -0.2) is 0 Å². The van der Waals surface area contributed by atoms with Crippen LogP contribution in [0.5, 0.6) is 0 Å². The van der Waals surface area contributed by atoms with Gasteiger partial charge in [-0.15, -0.1) is 0 Å². The molecule has 0 aromatic heterocycles. The highest BCUT2D eigenvalue weighted by Crippen LogP contribution is 2.44. The Hall–Kier alpha value is -2.52. The molecule has 0 aliphatic carbocycles. The second kappa shape index (κ2) is 5.60. The van der Waals surface area contributed by atoms with E-state index >= 15 is 0 Å². The average molecular weight is 317 g/mol. The van der Waals surface area contributed by atoms with Crippen molar-refractivity contribution in [2.24, 2.45) is 0 Å². The van der Waals surface area contributed by atoms with Gasteiger partial charge in [0.25, 0.3) is 0 Å². The third-order valence-corrected chi connectivity index (χ3v) is 5.23. The predicted molar refractivity (Wildman–Crippen MR) is 97.1 cm³/mol. The van der Waals surface area contributed by atoms with E-state index in [4.69, 9.17) is 0 Å². The Bertz CT molecular complexity index is 945. The minimum Gasteiger partial charge on any atom is -0.338 e. The van der Waals surface area contributed by atoms with Gasteiger partial charge >= 0.3 is 0 Å². The molecule has 0 radical (unpaired) electrons. The summed E-state index contributed by atoms with van der Waals surface area (Å²) >= 11 is 1.64. The summed E-state index contributed by atoms with van der Waals surface area (Å²) in [7, 11) is 2.00. The number of ketones is 1. The fourth-order valence-electron chi connectivity index (χ4n) is 2.78. The van der Waals surface area contributed by atoms with Crippen LogP contribution in [0.25, 0.3) is 10.8 Å². The first-order valence-electron chi connectivity index (χ1n) is 7.48. The van der Waals surface area contributed by atoms with E-state index in [1.54, 1.807) is 17.8 Å². The fourth-order valence-corrected chi connectivity index (χ4v) is 3.87. The second-order valence-corrected chi connectivity index (χ2v) is 6.60. The van der Waals surface area contributed by atoms with Crippen molar-refractivity contribution in [1.82, 2.24) is 0 Å². The van der Waals surface area contributed by atoms with Crippen molar-refractivity contribution in [2.45, 2.75) is 4.90 Å². The molecule has 2 nitrogen and oxygen atoms in total. The normalized spacial score (nSPS) is 15.2. The number of rotatable bonds is 2. The number of carbonyl (C=O) groups is 1. The maximum atomic E-state index is 12.6. The highest BCUT2D eigenvalue weighted by Gasteiger charge is 2.22. The van der Waals surface area contributed by atoms with Crippen molar-refractivity contribution in [3.8, 4) is 0 Å². The van der Waals surface area contributed by atoms with E-state index < -0.39 is 0 Å². The predicted octanol–water partition coefficient (Wildman–Crippen LogP) is 5.11. The summed E-state index contributed by atoms with van der Waals surface area (Å²) in [5.41, 5.74) is 1.87. The van der Waals surface area contributed by atoms with Crippen molar-refractivity contribution >= 4 is 34.0 Å². The zero-order valence-corrected chi connectivity index (χ0v) is 13.5. The van der Waals surface area contributed by atoms with Gasteiger partial charge in [-0.2, -0.15) is 0 Å². The van der Waals surface area contributed by atoms with Crippen LogP contribution in [0.3, 0.4) is 0 Å². The lowest BCUT2D eigenvalue weighted by Crippen LogP contribution is -2.11. The Morgan fingerprint density at radius 3 is 2.52 bits per heavy atom. The Morgan fingerprint density at radius 1 is 0.957 bits per heavy atom. The van der Waals surface area contributed by atoms with Crippen LogP contribution in [0.15, 0.2) is 82.7 Å². The molecule has 0 atom stereocenters. The third kappa shape index (κ3) is 2.53. The summed E-state index contributed by atoms with van der Waals surface area (Å²) < 4.78 is 0. The third-order valence-electron chi connectivity index (χ3n) is 4.06. The smallest absolute Gasteiger partial charge is 0.188 e. The zero-order chi connectivity index (χ0) is 15.8. The Balaban J connectivity index is 1.67. The number of fused-ring (bicyclic) bond motifs is 2. The van der Waals surface area contributed by atoms with Gasteiger partial charge in [-0.1, -0.05) is 60.3 Å². The number of thioether (sulfide) groups is 1. The largest absolute Gasteiger partial charge is 0.338 e. The van der Waals surface area contributed by atoms with Crippen LogP contribution in [-0.2, 0) is 0 Å². The van der Waals surface area contributed by atoms with Gasteiger partial charge < -0.3 is 4.90 Å². The Kier molecular flexibility index (Phi) is 3.43. The molecule has 0 fully saturated rings. The lowest BCUT2D eigenvalue weighted by atomic mass is 10.0. The molecule has 1 heterocycles. The van der Waals surface area contributed by atoms with Gasteiger partial charge in [0.1, 0.15) is 0 Å². The van der Waals surface area contributed by atoms with Gasteiger partial charge in [0, 0.05) is 23.6 Å². The minimum absolute atomic E-state index is 0.0397. The number of carbonyl (C=O) groups excluding carboxylic acids is 1. The standard InChI is InChI=1S/C20H15NOS/c1-21-17-8-4-5-9-19(17)23-20(21)13-18(22)16-11-10-14-6-2-3-7-15(14)12-16/h2-13H,1H3. The monoisotopic (exact) mass is 317 g/mol. The molecule has 3 heteroatoms. The number of allylic oxidation sites excluding steroid dienone is 1. The molecule has 3 aromatic carbocycles. The molecule has 1 aliphatic rings. The molecular weight excluding hydrogens is 302 g/mol. The summed E-state index contributed by atoms with van der Waals surface area (Å²) in [6.07, 6.45) is 1.73. The van der Waals surface area contributed by atoms with Crippen LogP contribution in [0.2, 0.25) is 0 Å². The van der Waals surface area contributed by atoms with E-state index in [1.807, 2.05) is 55.6 Å². The molecule has 112 valence electrons. The van der Waals surface area contributed by atoms with E-state index in [2.05, 4.69) is 23.1 Å². The number of benzene rings is 3. The highest BCUT2D eigenvalue weighted by molar-refractivity contribution is 8.03. The van der Waals surface area contributed by atoms with E-state index in [9.17, 15) is 4.79 Å². The van der Waals surface area contributed by atoms with Gasteiger partial charge in [0.05, 0.1) is 10.7 Å². The van der Waals surface area contributed by atoms with Crippen molar-refractivity contribution < 1.29 is 4.79 Å². The lowest BCUT2D eigenvalue weighted by molar-refractivity contribution is 0.104. The summed E-state index contributed by atoms with van der Waals surface area (Å²) in [5.74, 6) is 0.0397. The van der Waals surface area contributed by atoms with Gasteiger partial charge in [-0.3, -0.25) is 4.79 Å². The number of nitrogens with zero attached hydrogens (tertiary/aromatic N) is 1. The molecule has 0 saturated carbocycles. The van der Waals surface area contributed by atoms with E-state index in [-0.39, 0.29) is 5.78 Å². The Labute approximate surface area is 139 Å². The lowest BCUT2D eigenvalue weighted by Gasteiger charge is -2.13. The van der Waals surface area contributed by atoms with Crippen LogP contribution in [-0.4, -0.2) is 12.8 Å². The molecule has 0 spiro atoms. The Morgan fingerprint density at radius 2 is 1.70 bits per heavy atom. The van der Waals surface area contributed by atoms with E-state index in [1.165, 1.54) is 4.90 Å². The zero-order valence-electron chi connectivity index (χ0n) is 12.7. The van der Waals surface area contributed by atoms with Crippen molar-refractivity contribution in [3.05, 3.63) is 83.4 Å². The molecule has 0 amide bonds. The summed E-state index contributed by atoms with van der Waals surface area (Å²) in [5, 5.41) is 3.20. The summed E-state index contributed by atoms with van der Waals surface area (Å²) in [6, 6.07) is 22.1. The SMILES string of the molecule is CN1C(=CC(=O)c2ccc3ccccc3c2)Sc2ccccc21.